The van der Waals surface area contributed by atoms with Crippen LogP contribution in [0.25, 0.3) is 0 Å². The van der Waals surface area contributed by atoms with Crippen molar-refractivity contribution in [2.24, 2.45) is 0 Å². The molecule has 0 unspecified atom stereocenters. The quantitative estimate of drug-likeness (QED) is 0.668. The molecule has 0 radical (unpaired) electrons. The van der Waals surface area contributed by atoms with E-state index in [0.29, 0.717) is 31.6 Å². The normalized spacial score (nSPS) is 18.5. The molecule has 166 valence electrons. The van der Waals surface area contributed by atoms with Gasteiger partial charge in [-0.25, -0.2) is 0 Å². The Hall–Kier alpha value is -2.64. The van der Waals surface area contributed by atoms with Gasteiger partial charge in [-0.1, -0.05) is 32.6 Å². The van der Waals surface area contributed by atoms with Gasteiger partial charge in [-0.2, -0.15) is 0 Å². The first kappa shape index (κ1) is 21.6. The zero-order valence-electron chi connectivity index (χ0n) is 18.1. The highest BCUT2D eigenvalue weighted by Crippen LogP contribution is 2.34. The highest BCUT2D eigenvalue weighted by Gasteiger charge is 2.39. The summed E-state index contributed by atoms with van der Waals surface area (Å²) in [6, 6.07) is 7.79. The second-order valence-electron chi connectivity index (χ2n) is 8.03. The molecular formula is C24H31N3O3S. The zero-order valence-corrected chi connectivity index (χ0v) is 19.0. The molecule has 1 aromatic heterocycles. The van der Waals surface area contributed by atoms with E-state index in [0.717, 1.165) is 41.5 Å². The van der Waals surface area contributed by atoms with Crippen LogP contribution < -0.4 is 10.1 Å². The monoisotopic (exact) mass is 441 g/mol. The van der Waals surface area contributed by atoms with Crippen LogP contribution >= 0.6 is 11.3 Å². The van der Waals surface area contributed by atoms with E-state index in [9.17, 15) is 9.59 Å². The summed E-state index contributed by atoms with van der Waals surface area (Å²) in [4.78, 5) is 30.3. The number of amides is 2. The number of nitrogens with one attached hydrogen (secondary N) is 1. The second kappa shape index (κ2) is 9.24. The number of hydrogen-bond donors (Lipinski definition) is 1. The average Bonchev–Trinajstić information content (AvgIpc) is 3.31. The molecule has 0 saturated carbocycles. The van der Waals surface area contributed by atoms with Crippen LogP contribution in [0.5, 0.6) is 5.75 Å². The van der Waals surface area contributed by atoms with Crippen LogP contribution in [0.15, 0.2) is 41.9 Å². The van der Waals surface area contributed by atoms with Crippen LogP contribution in [0.1, 0.15) is 54.5 Å². The fourth-order valence-corrected chi connectivity index (χ4v) is 5.10. The van der Waals surface area contributed by atoms with Gasteiger partial charge in [0.05, 0.1) is 5.56 Å². The average molecular weight is 442 g/mol. The van der Waals surface area contributed by atoms with E-state index in [1.807, 2.05) is 17.5 Å². The Morgan fingerprint density at radius 2 is 2.00 bits per heavy atom. The first-order valence-electron chi connectivity index (χ1n) is 10.8. The number of carbonyl (C=O) groups excluding carboxylic acids is 2. The molecule has 3 heterocycles. The Kier molecular flexibility index (Phi) is 6.43. The minimum absolute atomic E-state index is 0. The summed E-state index contributed by atoms with van der Waals surface area (Å²) in [5.41, 5.74) is 3.68. The van der Waals surface area contributed by atoms with Crippen molar-refractivity contribution in [2.75, 3.05) is 13.1 Å². The van der Waals surface area contributed by atoms with Crippen molar-refractivity contribution in [1.82, 2.24) is 15.1 Å². The fraction of sp³-hybridized carbons (Fsp3) is 0.417. The number of thiophene rings is 1. The molecule has 0 bridgehead atoms. The van der Waals surface area contributed by atoms with Gasteiger partial charge in [0.25, 0.3) is 5.91 Å². The molecule has 1 atom stereocenters. The maximum atomic E-state index is 12.9. The molecule has 1 N–H and O–H groups in total. The van der Waals surface area contributed by atoms with E-state index in [-0.39, 0.29) is 13.2 Å². The van der Waals surface area contributed by atoms with Crippen molar-refractivity contribution < 1.29 is 15.8 Å². The van der Waals surface area contributed by atoms with E-state index >= 15 is 0 Å². The van der Waals surface area contributed by atoms with Gasteiger partial charge in [-0.15, -0.1) is 11.3 Å². The lowest BCUT2D eigenvalue weighted by Gasteiger charge is -2.31. The molecule has 4 rings (SSSR count). The number of ether oxygens (including phenoxy) is 1. The maximum absolute atomic E-state index is 12.9. The van der Waals surface area contributed by atoms with Crippen molar-refractivity contribution in [3.8, 4) is 5.75 Å². The maximum Gasteiger partial charge on any atom is 0.256 e. The predicted octanol–water partition coefficient (Wildman–Crippen LogP) is 4.16. The third-order valence-corrected chi connectivity index (χ3v) is 7.10. The van der Waals surface area contributed by atoms with Crippen molar-refractivity contribution in [3.05, 3.63) is 63.5 Å². The number of fused-ring (bicyclic) bond motifs is 1. The molecule has 31 heavy (non-hydrogen) atoms. The number of allylic oxidation sites excluding steroid dienone is 1. The highest BCUT2D eigenvalue weighted by atomic mass is 32.1. The Bertz CT molecular complexity index is 985. The summed E-state index contributed by atoms with van der Waals surface area (Å²) in [7, 11) is 0. The molecule has 2 aliphatic rings. The SMILES string of the molecule is C=C1CC[C@H](N2Cc3c(csc3COc3ccc(CN(CC)CC)cc3)C2=O)C(=O)N1.[HH]. The first-order valence-corrected chi connectivity index (χ1v) is 11.7. The fourth-order valence-electron chi connectivity index (χ4n) is 4.15. The lowest BCUT2D eigenvalue weighted by atomic mass is 10.0. The van der Waals surface area contributed by atoms with Gasteiger partial charge in [0.15, 0.2) is 0 Å². The van der Waals surface area contributed by atoms with Crippen LogP contribution in [0, 0.1) is 0 Å². The van der Waals surface area contributed by atoms with Crippen LogP contribution in [-0.4, -0.2) is 40.7 Å². The van der Waals surface area contributed by atoms with Gasteiger partial charge in [-0.3, -0.25) is 14.5 Å². The van der Waals surface area contributed by atoms with E-state index in [1.165, 1.54) is 5.56 Å². The molecular weight excluding hydrogens is 410 g/mol. The topological polar surface area (TPSA) is 61.9 Å². The molecule has 6 nitrogen and oxygen atoms in total. The minimum Gasteiger partial charge on any atom is -0.488 e. The lowest BCUT2D eigenvalue weighted by molar-refractivity contribution is -0.126. The molecule has 0 aliphatic carbocycles. The number of nitrogens with zero attached hydrogens (tertiary/aromatic N) is 2. The molecule has 2 amide bonds. The van der Waals surface area contributed by atoms with Gasteiger partial charge < -0.3 is 15.0 Å². The van der Waals surface area contributed by atoms with Gasteiger partial charge in [0.1, 0.15) is 18.4 Å². The summed E-state index contributed by atoms with van der Waals surface area (Å²) in [5.74, 6) is 0.615. The van der Waals surface area contributed by atoms with Gasteiger partial charge in [-0.05, 0) is 43.6 Å². The van der Waals surface area contributed by atoms with Crippen LogP contribution in [0.4, 0.5) is 0 Å². The molecule has 7 heteroatoms. The van der Waals surface area contributed by atoms with Crippen LogP contribution in [0.2, 0.25) is 0 Å². The van der Waals surface area contributed by atoms with Crippen LogP contribution in [0.3, 0.4) is 0 Å². The Labute approximate surface area is 189 Å². The summed E-state index contributed by atoms with van der Waals surface area (Å²) in [6.07, 6.45) is 1.32. The number of piperidine rings is 1. The summed E-state index contributed by atoms with van der Waals surface area (Å²) >= 11 is 1.55. The molecule has 1 fully saturated rings. The largest absolute Gasteiger partial charge is 0.488 e. The van der Waals surface area contributed by atoms with Crippen molar-refractivity contribution in [2.45, 2.75) is 52.4 Å². The molecule has 2 aromatic rings. The molecule has 1 saturated heterocycles. The highest BCUT2D eigenvalue weighted by molar-refractivity contribution is 7.10. The minimum atomic E-state index is -0.428. The number of benzene rings is 1. The van der Waals surface area contributed by atoms with Crippen molar-refractivity contribution in [3.63, 3.8) is 0 Å². The van der Waals surface area contributed by atoms with E-state index in [4.69, 9.17) is 4.74 Å². The molecule has 2 aliphatic heterocycles. The van der Waals surface area contributed by atoms with Crippen molar-refractivity contribution in [1.29, 1.82) is 0 Å². The Morgan fingerprint density at radius 1 is 1.26 bits per heavy atom. The Morgan fingerprint density at radius 3 is 2.68 bits per heavy atom. The predicted molar refractivity (Wildman–Crippen MR) is 124 cm³/mol. The third kappa shape index (κ3) is 4.52. The van der Waals surface area contributed by atoms with Gasteiger partial charge >= 0.3 is 0 Å². The van der Waals surface area contributed by atoms with E-state index in [2.05, 4.69) is 42.8 Å². The number of hydrogen-bond acceptors (Lipinski definition) is 5. The third-order valence-electron chi connectivity index (χ3n) is 6.09. The first-order chi connectivity index (χ1) is 15.0. The summed E-state index contributed by atoms with van der Waals surface area (Å²) in [6.45, 7) is 12.0. The Balaban J connectivity index is 0.00000289. The van der Waals surface area contributed by atoms with Crippen LogP contribution in [-0.2, 0) is 24.5 Å². The number of rotatable bonds is 8. The molecule has 0 spiro atoms. The lowest BCUT2D eigenvalue weighted by Crippen LogP contribution is -2.49. The second-order valence-corrected chi connectivity index (χ2v) is 8.99. The van der Waals surface area contributed by atoms with Gasteiger partial charge in [0.2, 0.25) is 5.91 Å². The standard InChI is InChI=1S/C24H29N3O3S.H2/c1-4-26(5-2)12-17-7-9-18(10-8-17)30-14-22-19-13-27(24(29)20(19)15-31-22)21-11-6-16(3)25-23(21)28;/h7-10,15,21H,3-6,11-14H2,1-2H3,(H,25,28);1H/t21-;/m0./s1. The zero-order chi connectivity index (χ0) is 22.0. The van der Waals surface area contributed by atoms with Gasteiger partial charge in [0, 0.05) is 36.0 Å². The summed E-state index contributed by atoms with van der Waals surface area (Å²) in [5, 5.41) is 4.67. The van der Waals surface area contributed by atoms with E-state index in [1.54, 1.807) is 16.2 Å². The van der Waals surface area contributed by atoms with E-state index < -0.39 is 6.04 Å². The van der Waals surface area contributed by atoms with Crippen molar-refractivity contribution >= 4 is 23.2 Å². The number of carbonyl (C=O) groups is 2. The summed E-state index contributed by atoms with van der Waals surface area (Å²) < 4.78 is 6.02. The molecule has 1 aromatic carbocycles. The smallest absolute Gasteiger partial charge is 0.256 e.